The van der Waals surface area contributed by atoms with Gasteiger partial charge in [-0.25, -0.2) is 4.98 Å². The van der Waals surface area contributed by atoms with Crippen LogP contribution in [-0.2, 0) is 17.9 Å². The molecule has 1 amide bonds. The summed E-state index contributed by atoms with van der Waals surface area (Å²) in [6.07, 6.45) is 3.65. The van der Waals surface area contributed by atoms with Crippen molar-refractivity contribution in [3.63, 3.8) is 0 Å². The van der Waals surface area contributed by atoms with Crippen molar-refractivity contribution in [1.82, 2.24) is 9.55 Å². The standard InChI is InChI=1S/C27H28N4O2/c32-27(29-22-13-5-7-15-24(22)30-17-9-2-10-18-30)19-31-25-16-8-6-14-23(25)28-26(31)20-33-21-11-3-1-4-12-21/h1,3-8,11-16H,2,9-10,17-20H2,(H,29,32). The lowest BCUT2D eigenvalue weighted by molar-refractivity contribution is -0.116. The highest BCUT2D eigenvalue weighted by atomic mass is 16.5. The molecule has 1 fully saturated rings. The van der Waals surface area contributed by atoms with Crippen LogP contribution in [0.25, 0.3) is 11.0 Å². The first-order chi connectivity index (χ1) is 16.3. The van der Waals surface area contributed by atoms with Crippen LogP contribution in [0.3, 0.4) is 0 Å². The molecule has 1 N–H and O–H groups in total. The summed E-state index contributed by atoms with van der Waals surface area (Å²) in [5.41, 5.74) is 3.72. The molecule has 0 aliphatic carbocycles. The van der Waals surface area contributed by atoms with Crippen LogP contribution >= 0.6 is 0 Å². The summed E-state index contributed by atoms with van der Waals surface area (Å²) in [5.74, 6) is 1.42. The smallest absolute Gasteiger partial charge is 0.244 e. The van der Waals surface area contributed by atoms with Gasteiger partial charge >= 0.3 is 0 Å². The SMILES string of the molecule is O=C(Cn1c(COc2ccccc2)nc2ccccc21)Nc1ccccc1N1CCCCC1. The molecule has 0 bridgehead atoms. The Balaban J connectivity index is 1.36. The number of nitrogens with one attached hydrogen (secondary N) is 1. The predicted molar refractivity (Wildman–Crippen MR) is 132 cm³/mol. The van der Waals surface area contributed by atoms with Crippen molar-refractivity contribution in [2.45, 2.75) is 32.4 Å². The zero-order chi connectivity index (χ0) is 22.5. The van der Waals surface area contributed by atoms with Gasteiger partial charge < -0.3 is 19.5 Å². The monoisotopic (exact) mass is 440 g/mol. The summed E-state index contributed by atoms with van der Waals surface area (Å²) < 4.78 is 7.88. The number of benzene rings is 3. The Bertz CT molecular complexity index is 1230. The number of amides is 1. The number of ether oxygens (including phenoxy) is 1. The molecule has 1 saturated heterocycles. The normalized spacial score (nSPS) is 13.8. The summed E-state index contributed by atoms with van der Waals surface area (Å²) in [5, 5.41) is 3.14. The maximum atomic E-state index is 13.2. The average molecular weight is 441 g/mol. The molecule has 6 heteroatoms. The van der Waals surface area contributed by atoms with Crippen molar-refractivity contribution in [2.75, 3.05) is 23.3 Å². The van der Waals surface area contributed by atoms with E-state index in [4.69, 9.17) is 9.72 Å². The van der Waals surface area contributed by atoms with E-state index in [0.29, 0.717) is 0 Å². The number of anilines is 2. The molecule has 2 heterocycles. The molecule has 168 valence electrons. The molecule has 0 saturated carbocycles. The van der Waals surface area contributed by atoms with E-state index >= 15 is 0 Å². The number of nitrogens with zero attached hydrogens (tertiary/aromatic N) is 3. The van der Waals surface area contributed by atoms with Crippen LogP contribution in [0, 0.1) is 0 Å². The molecular weight excluding hydrogens is 412 g/mol. The van der Waals surface area contributed by atoms with E-state index in [1.165, 1.54) is 19.3 Å². The summed E-state index contributed by atoms with van der Waals surface area (Å²) in [6, 6.07) is 25.6. The van der Waals surface area contributed by atoms with Crippen molar-refractivity contribution in [1.29, 1.82) is 0 Å². The van der Waals surface area contributed by atoms with Crippen LogP contribution in [0.2, 0.25) is 0 Å². The Labute approximate surface area is 193 Å². The van der Waals surface area contributed by atoms with Crippen LogP contribution in [0.15, 0.2) is 78.9 Å². The van der Waals surface area contributed by atoms with Gasteiger partial charge in [-0.05, 0) is 55.7 Å². The molecule has 33 heavy (non-hydrogen) atoms. The molecule has 3 aromatic carbocycles. The van der Waals surface area contributed by atoms with Gasteiger partial charge in [0, 0.05) is 13.1 Å². The zero-order valence-corrected chi connectivity index (χ0v) is 18.6. The third-order valence-corrected chi connectivity index (χ3v) is 6.02. The van der Waals surface area contributed by atoms with Crippen molar-refractivity contribution >= 4 is 28.3 Å². The largest absolute Gasteiger partial charge is 0.486 e. The Morgan fingerprint density at radius 2 is 1.61 bits per heavy atom. The first-order valence-electron chi connectivity index (χ1n) is 11.5. The molecule has 6 nitrogen and oxygen atoms in total. The van der Waals surface area contributed by atoms with Gasteiger partial charge in [0.2, 0.25) is 5.91 Å². The number of aromatic nitrogens is 2. The van der Waals surface area contributed by atoms with E-state index in [2.05, 4.69) is 16.3 Å². The quantitative estimate of drug-likeness (QED) is 0.427. The van der Waals surface area contributed by atoms with Gasteiger partial charge in [0.05, 0.1) is 22.4 Å². The number of hydrogen-bond donors (Lipinski definition) is 1. The van der Waals surface area contributed by atoms with E-state index in [1.54, 1.807) is 0 Å². The van der Waals surface area contributed by atoms with E-state index in [9.17, 15) is 4.79 Å². The van der Waals surface area contributed by atoms with Crippen LogP contribution in [0.5, 0.6) is 5.75 Å². The molecule has 1 aromatic heterocycles. The maximum absolute atomic E-state index is 13.2. The number of carbonyl (C=O) groups excluding carboxylic acids is 1. The molecule has 1 aliphatic rings. The maximum Gasteiger partial charge on any atom is 0.244 e. The second-order valence-corrected chi connectivity index (χ2v) is 8.32. The lowest BCUT2D eigenvalue weighted by Crippen LogP contribution is -2.30. The van der Waals surface area contributed by atoms with E-state index in [-0.39, 0.29) is 19.1 Å². The minimum atomic E-state index is -0.0800. The minimum Gasteiger partial charge on any atom is -0.486 e. The molecule has 4 aromatic rings. The second kappa shape index (κ2) is 9.77. The molecule has 0 unspecified atom stereocenters. The molecule has 0 spiro atoms. The van der Waals surface area contributed by atoms with E-state index < -0.39 is 0 Å². The van der Waals surface area contributed by atoms with Crippen LogP contribution in [-0.4, -0.2) is 28.5 Å². The number of piperidine rings is 1. The fourth-order valence-corrected chi connectivity index (χ4v) is 4.40. The van der Waals surface area contributed by atoms with Crippen LogP contribution in [0.1, 0.15) is 25.1 Å². The third kappa shape index (κ3) is 4.85. The highest BCUT2D eigenvalue weighted by Crippen LogP contribution is 2.28. The summed E-state index contributed by atoms with van der Waals surface area (Å²) in [7, 11) is 0. The number of rotatable bonds is 7. The van der Waals surface area contributed by atoms with Crippen molar-refractivity contribution in [2.24, 2.45) is 0 Å². The Kier molecular flexibility index (Phi) is 6.24. The van der Waals surface area contributed by atoms with Crippen molar-refractivity contribution in [3.05, 3.63) is 84.7 Å². The van der Waals surface area contributed by atoms with E-state index in [0.717, 1.165) is 47.1 Å². The predicted octanol–water partition coefficient (Wildman–Crippen LogP) is 5.24. The van der Waals surface area contributed by atoms with Gasteiger partial charge in [-0.1, -0.05) is 42.5 Å². The van der Waals surface area contributed by atoms with Crippen LogP contribution < -0.4 is 15.0 Å². The molecule has 1 aliphatic heterocycles. The van der Waals surface area contributed by atoms with Crippen molar-refractivity contribution < 1.29 is 9.53 Å². The Morgan fingerprint density at radius 1 is 0.879 bits per heavy atom. The molecule has 5 rings (SSSR count). The van der Waals surface area contributed by atoms with Gasteiger partial charge in [-0.2, -0.15) is 0 Å². The third-order valence-electron chi connectivity index (χ3n) is 6.02. The summed E-state index contributed by atoms with van der Waals surface area (Å²) >= 11 is 0. The minimum absolute atomic E-state index is 0.0800. The van der Waals surface area contributed by atoms with Gasteiger partial charge in [-0.15, -0.1) is 0 Å². The number of imidazole rings is 1. The lowest BCUT2D eigenvalue weighted by Gasteiger charge is -2.30. The first kappa shape index (κ1) is 21.1. The second-order valence-electron chi connectivity index (χ2n) is 8.32. The van der Waals surface area contributed by atoms with Gasteiger partial charge in [-0.3, -0.25) is 4.79 Å². The van der Waals surface area contributed by atoms with E-state index in [1.807, 2.05) is 77.4 Å². The summed E-state index contributed by atoms with van der Waals surface area (Å²) in [6.45, 7) is 2.51. The Morgan fingerprint density at radius 3 is 2.45 bits per heavy atom. The lowest BCUT2D eigenvalue weighted by atomic mass is 10.1. The summed E-state index contributed by atoms with van der Waals surface area (Å²) in [4.78, 5) is 20.3. The van der Waals surface area contributed by atoms with Gasteiger partial charge in [0.15, 0.2) is 0 Å². The highest BCUT2D eigenvalue weighted by Gasteiger charge is 2.18. The van der Waals surface area contributed by atoms with Crippen molar-refractivity contribution in [3.8, 4) is 5.75 Å². The topological polar surface area (TPSA) is 59.4 Å². The number of para-hydroxylation sites is 5. The molecule has 0 radical (unpaired) electrons. The van der Waals surface area contributed by atoms with Crippen LogP contribution in [0.4, 0.5) is 11.4 Å². The highest BCUT2D eigenvalue weighted by molar-refractivity contribution is 5.95. The fourth-order valence-electron chi connectivity index (χ4n) is 4.40. The molecular formula is C27H28N4O2. The number of hydrogen-bond acceptors (Lipinski definition) is 4. The zero-order valence-electron chi connectivity index (χ0n) is 18.6. The van der Waals surface area contributed by atoms with Gasteiger partial charge in [0.25, 0.3) is 0 Å². The fraction of sp³-hybridized carbons (Fsp3) is 0.259. The molecule has 0 atom stereocenters. The number of fused-ring (bicyclic) bond motifs is 1. The first-order valence-corrected chi connectivity index (χ1v) is 11.5. The van der Waals surface area contributed by atoms with Gasteiger partial charge in [0.1, 0.15) is 24.7 Å². The Hall–Kier alpha value is -3.80. The average Bonchev–Trinajstić information content (AvgIpc) is 3.21. The number of carbonyl (C=O) groups is 1.